The number of carbonyl (C=O) groups excluding carboxylic acids is 1. The van der Waals surface area contributed by atoms with E-state index >= 15 is 0 Å². The molecule has 0 radical (unpaired) electrons. The van der Waals surface area contributed by atoms with Crippen LogP contribution in [0.5, 0.6) is 0 Å². The number of anilines is 2. The number of aromatic nitrogens is 2. The fourth-order valence-corrected chi connectivity index (χ4v) is 4.04. The predicted molar refractivity (Wildman–Crippen MR) is 120 cm³/mol. The molecule has 4 aromatic rings. The minimum atomic E-state index is -0.00321. The van der Waals surface area contributed by atoms with Crippen LogP contribution in [0.1, 0.15) is 12.1 Å². The van der Waals surface area contributed by atoms with Crippen LogP contribution in [0.15, 0.2) is 60.8 Å². The smallest absolute Gasteiger partial charge is 0.224 e. The van der Waals surface area contributed by atoms with E-state index in [1.54, 1.807) is 0 Å². The highest BCUT2D eigenvalue weighted by Crippen LogP contribution is 2.27. The number of fused-ring (bicyclic) bond motifs is 3. The number of hydrogen-bond acceptors (Lipinski definition) is 4. The standard InChI is InChI=1S/C24H24N4O2/c29-24(27-21-7-3-4-8-23(21)28-11-13-30-14-12-28)10-9-17-15-19-18-5-1-2-6-20(18)26-22(19)16-25-17/h1-8,15-16,26H,9-14H2,(H,27,29). The van der Waals surface area contributed by atoms with E-state index in [2.05, 4.69) is 38.4 Å². The predicted octanol–water partition coefficient (Wildman–Crippen LogP) is 4.12. The molecule has 5 rings (SSSR count). The number of carbonyl (C=O) groups is 1. The fraction of sp³-hybridized carbons (Fsp3) is 0.250. The summed E-state index contributed by atoms with van der Waals surface area (Å²) in [7, 11) is 0. The Morgan fingerprint density at radius 3 is 2.73 bits per heavy atom. The minimum Gasteiger partial charge on any atom is -0.378 e. The number of aromatic amines is 1. The Labute approximate surface area is 174 Å². The summed E-state index contributed by atoms with van der Waals surface area (Å²) in [6, 6.07) is 18.3. The van der Waals surface area contributed by atoms with Gasteiger partial charge in [0.25, 0.3) is 0 Å². The van der Waals surface area contributed by atoms with Gasteiger partial charge >= 0.3 is 0 Å². The van der Waals surface area contributed by atoms with Gasteiger partial charge in [-0.3, -0.25) is 9.78 Å². The Bertz CT molecular complexity index is 1190. The molecule has 0 saturated carbocycles. The van der Waals surface area contributed by atoms with Crippen LogP contribution in [-0.2, 0) is 16.0 Å². The van der Waals surface area contributed by atoms with Gasteiger partial charge in [0.1, 0.15) is 0 Å². The Kier molecular flexibility index (Phi) is 5.07. The lowest BCUT2D eigenvalue weighted by atomic mass is 10.1. The van der Waals surface area contributed by atoms with Crippen molar-refractivity contribution in [3.8, 4) is 0 Å². The van der Waals surface area contributed by atoms with Crippen LogP contribution >= 0.6 is 0 Å². The van der Waals surface area contributed by atoms with Crippen LogP contribution in [0.4, 0.5) is 11.4 Å². The van der Waals surface area contributed by atoms with Gasteiger partial charge in [-0.2, -0.15) is 0 Å². The number of hydrogen-bond donors (Lipinski definition) is 2. The molecule has 0 spiro atoms. The van der Waals surface area contributed by atoms with Crippen LogP contribution in [0.25, 0.3) is 21.8 Å². The van der Waals surface area contributed by atoms with Crippen LogP contribution in [0.3, 0.4) is 0 Å². The minimum absolute atomic E-state index is 0.00321. The Morgan fingerprint density at radius 1 is 1.03 bits per heavy atom. The SMILES string of the molecule is O=C(CCc1cc2c(cn1)[nH]c1ccccc12)Nc1ccccc1N1CCOCC1. The summed E-state index contributed by atoms with van der Waals surface area (Å²) in [5, 5.41) is 5.41. The quantitative estimate of drug-likeness (QED) is 0.529. The number of rotatable bonds is 5. The summed E-state index contributed by atoms with van der Waals surface area (Å²) in [6.07, 6.45) is 2.84. The van der Waals surface area contributed by atoms with E-state index in [0.717, 1.165) is 46.6 Å². The zero-order valence-corrected chi connectivity index (χ0v) is 16.7. The molecule has 6 nitrogen and oxygen atoms in total. The summed E-state index contributed by atoms with van der Waals surface area (Å²) in [6.45, 7) is 3.09. The second-order valence-electron chi connectivity index (χ2n) is 7.56. The fourth-order valence-electron chi connectivity index (χ4n) is 4.04. The lowest BCUT2D eigenvalue weighted by molar-refractivity contribution is -0.116. The molecule has 0 aliphatic carbocycles. The van der Waals surface area contributed by atoms with Crippen molar-refractivity contribution in [2.75, 3.05) is 36.5 Å². The lowest BCUT2D eigenvalue weighted by Crippen LogP contribution is -2.36. The number of morpholine rings is 1. The maximum absolute atomic E-state index is 12.7. The number of para-hydroxylation sites is 3. The monoisotopic (exact) mass is 400 g/mol. The molecular weight excluding hydrogens is 376 g/mol. The molecule has 2 aromatic heterocycles. The van der Waals surface area contributed by atoms with E-state index in [1.807, 2.05) is 42.6 Å². The molecule has 6 heteroatoms. The van der Waals surface area contributed by atoms with Crippen LogP contribution in [0.2, 0.25) is 0 Å². The van der Waals surface area contributed by atoms with Gasteiger partial charge in [0.05, 0.1) is 36.3 Å². The molecule has 3 heterocycles. The van der Waals surface area contributed by atoms with Crippen molar-refractivity contribution in [2.45, 2.75) is 12.8 Å². The zero-order valence-electron chi connectivity index (χ0n) is 16.7. The number of pyridine rings is 1. The normalized spacial score (nSPS) is 14.3. The maximum Gasteiger partial charge on any atom is 0.224 e. The van der Waals surface area contributed by atoms with E-state index in [0.29, 0.717) is 26.1 Å². The van der Waals surface area contributed by atoms with E-state index in [1.165, 1.54) is 5.39 Å². The Morgan fingerprint density at radius 2 is 1.83 bits per heavy atom. The Hall–Kier alpha value is -3.38. The van der Waals surface area contributed by atoms with Gasteiger partial charge in [-0.05, 0) is 30.7 Å². The molecular formula is C24H24N4O2. The first-order chi connectivity index (χ1) is 14.8. The van der Waals surface area contributed by atoms with Gasteiger partial charge < -0.3 is 19.9 Å². The molecule has 1 amide bonds. The highest BCUT2D eigenvalue weighted by molar-refractivity contribution is 6.07. The van der Waals surface area contributed by atoms with Crippen LogP contribution in [-0.4, -0.2) is 42.2 Å². The van der Waals surface area contributed by atoms with Crippen molar-refractivity contribution >= 4 is 39.1 Å². The molecule has 30 heavy (non-hydrogen) atoms. The Balaban J connectivity index is 1.28. The average molecular weight is 400 g/mol. The summed E-state index contributed by atoms with van der Waals surface area (Å²) >= 11 is 0. The third-order valence-corrected chi connectivity index (χ3v) is 5.59. The largest absolute Gasteiger partial charge is 0.378 e. The third-order valence-electron chi connectivity index (χ3n) is 5.59. The van der Waals surface area contributed by atoms with Crippen molar-refractivity contribution in [1.82, 2.24) is 9.97 Å². The molecule has 1 fully saturated rings. The number of amides is 1. The van der Waals surface area contributed by atoms with E-state index in [9.17, 15) is 4.79 Å². The molecule has 0 bridgehead atoms. The second kappa shape index (κ2) is 8.16. The van der Waals surface area contributed by atoms with Gasteiger partial charge in [0.15, 0.2) is 0 Å². The summed E-state index contributed by atoms with van der Waals surface area (Å²) < 4.78 is 5.44. The number of benzene rings is 2. The number of aryl methyl sites for hydroxylation is 1. The maximum atomic E-state index is 12.7. The van der Waals surface area contributed by atoms with Crippen LogP contribution in [0, 0.1) is 0 Å². The van der Waals surface area contributed by atoms with Crippen molar-refractivity contribution in [2.24, 2.45) is 0 Å². The topological polar surface area (TPSA) is 70.2 Å². The van der Waals surface area contributed by atoms with Crippen molar-refractivity contribution < 1.29 is 9.53 Å². The summed E-state index contributed by atoms with van der Waals surface area (Å²) in [5.74, 6) is -0.00321. The second-order valence-corrected chi connectivity index (χ2v) is 7.56. The molecule has 2 aromatic carbocycles. The first-order valence-corrected chi connectivity index (χ1v) is 10.3. The number of ether oxygens (including phenoxy) is 1. The number of nitrogens with one attached hydrogen (secondary N) is 2. The molecule has 1 aliphatic heterocycles. The van der Waals surface area contributed by atoms with E-state index in [4.69, 9.17) is 4.74 Å². The lowest BCUT2D eigenvalue weighted by Gasteiger charge is -2.30. The number of nitrogens with zero attached hydrogens (tertiary/aromatic N) is 2. The molecule has 152 valence electrons. The highest BCUT2D eigenvalue weighted by Gasteiger charge is 2.16. The molecule has 1 saturated heterocycles. The zero-order chi connectivity index (χ0) is 20.3. The van der Waals surface area contributed by atoms with E-state index < -0.39 is 0 Å². The van der Waals surface area contributed by atoms with Gasteiger partial charge in [-0.15, -0.1) is 0 Å². The summed E-state index contributed by atoms with van der Waals surface area (Å²) in [5.41, 5.74) is 4.94. The van der Waals surface area contributed by atoms with E-state index in [-0.39, 0.29) is 5.91 Å². The molecule has 1 aliphatic rings. The van der Waals surface area contributed by atoms with Crippen molar-refractivity contribution in [3.63, 3.8) is 0 Å². The average Bonchev–Trinajstić information content (AvgIpc) is 3.17. The van der Waals surface area contributed by atoms with Gasteiger partial charge in [0.2, 0.25) is 5.91 Å². The first kappa shape index (κ1) is 18.6. The van der Waals surface area contributed by atoms with Crippen LogP contribution < -0.4 is 10.2 Å². The van der Waals surface area contributed by atoms with Gasteiger partial charge in [0, 0.05) is 41.5 Å². The van der Waals surface area contributed by atoms with Crippen molar-refractivity contribution in [3.05, 3.63) is 66.5 Å². The van der Waals surface area contributed by atoms with Crippen molar-refractivity contribution in [1.29, 1.82) is 0 Å². The molecule has 0 unspecified atom stereocenters. The first-order valence-electron chi connectivity index (χ1n) is 10.3. The number of H-pyrrole nitrogens is 1. The summed E-state index contributed by atoms with van der Waals surface area (Å²) in [4.78, 5) is 22.8. The molecule has 0 atom stereocenters. The van der Waals surface area contributed by atoms with Gasteiger partial charge in [-0.1, -0.05) is 30.3 Å². The highest BCUT2D eigenvalue weighted by atomic mass is 16.5. The van der Waals surface area contributed by atoms with Gasteiger partial charge in [-0.25, -0.2) is 0 Å². The third kappa shape index (κ3) is 3.74. The molecule has 2 N–H and O–H groups in total.